The third kappa shape index (κ3) is 5.13. The van der Waals surface area contributed by atoms with Crippen LogP contribution in [0.25, 0.3) is 46.2 Å². The number of hydrogen-bond acceptors (Lipinski definition) is 2. The Labute approximate surface area is 210 Å². The Hall–Kier alpha value is -4.82. The zero-order valence-electron chi connectivity index (χ0n) is 19.7. The largest absolute Gasteiger partial charge is 0.298 e. The monoisotopic (exact) mass is 464 g/mol. The van der Waals surface area contributed by atoms with Crippen LogP contribution in [0.2, 0.25) is 0 Å². The van der Waals surface area contributed by atoms with Gasteiger partial charge in [-0.25, -0.2) is 0 Å². The summed E-state index contributed by atoms with van der Waals surface area (Å²) in [5.74, 6) is 0. The molecule has 0 spiro atoms. The second kappa shape index (κ2) is 10.6. The maximum Gasteiger partial charge on any atom is 0.150 e. The number of fused-ring (bicyclic) bond motifs is 1. The van der Waals surface area contributed by atoms with Crippen molar-refractivity contribution in [2.24, 2.45) is 0 Å². The highest BCUT2D eigenvalue weighted by molar-refractivity contribution is 5.97. The van der Waals surface area contributed by atoms with Crippen LogP contribution < -0.4 is 0 Å². The second-order valence-electron chi connectivity index (χ2n) is 8.61. The molecule has 0 saturated carbocycles. The first kappa shape index (κ1) is 22.9. The van der Waals surface area contributed by atoms with Crippen molar-refractivity contribution < 1.29 is 9.59 Å². The predicted molar refractivity (Wildman–Crippen MR) is 151 cm³/mol. The van der Waals surface area contributed by atoms with Crippen molar-refractivity contribution in [2.45, 2.75) is 0 Å². The predicted octanol–water partition coefficient (Wildman–Crippen LogP) is 8.47. The van der Waals surface area contributed by atoms with E-state index in [1.54, 1.807) is 0 Å². The molecule has 36 heavy (non-hydrogen) atoms. The molecule has 0 aliphatic heterocycles. The normalized spacial score (nSPS) is 11.3. The van der Waals surface area contributed by atoms with Crippen molar-refractivity contribution >= 4 is 47.6 Å². The minimum atomic E-state index is 0.661. The lowest BCUT2D eigenvalue weighted by molar-refractivity contribution is 0.111. The average molecular weight is 465 g/mol. The molecule has 5 aromatic carbocycles. The van der Waals surface area contributed by atoms with Gasteiger partial charge in [0, 0.05) is 11.1 Å². The molecule has 0 saturated heterocycles. The third-order valence-electron chi connectivity index (χ3n) is 6.24. The molecule has 0 bridgehead atoms. The summed E-state index contributed by atoms with van der Waals surface area (Å²) >= 11 is 0. The Bertz CT molecular complexity index is 1580. The van der Waals surface area contributed by atoms with Crippen LogP contribution >= 0.6 is 0 Å². The van der Waals surface area contributed by atoms with Crippen LogP contribution in [0.1, 0.15) is 43.0 Å². The Morgan fingerprint density at radius 2 is 1.00 bits per heavy atom. The van der Waals surface area contributed by atoms with Crippen LogP contribution in [0, 0.1) is 0 Å². The van der Waals surface area contributed by atoms with E-state index in [1.165, 1.54) is 16.3 Å². The lowest BCUT2D eigenvalue weighted by Crippen LogP contribution is -1.87. The van der Waals surface area contributed by atoms with Crippen molar-refractivity contribution in [3.8, 4) is 11.1 Å². The van der Waals surface area contributed by atoms with E-state index in [4.69, 9.17) is 0 Å². The fraction of sp³-hybridized carbons (Fsp3) is 0. The fourth-order valence-electron chi connectivity index (χ4n) is 4.26. The molecule has 0 radical (unpaired) electrons. The summed E-state index contributed by atoms with van der Waals surface area (Å²) in [6.07, 6.45) is 10.0. The van der Waals surface area contributed by atoms with Gasteiger partial charge in [0.2, 0.25) is 0 Å². The van der Waals surface area contributed by atoms with Crippen molar-refractivity contribution in [2.75, 3.05) is 0 Å². The van der Waals surface area contributed by atoms with Gasteiger partial charge < -0.3 is 0 Å². The van der Waals surface area contributed by atoms with Crippen molar-refractivity contribution in [3.63, 3.8) is 0 Å². The number of benzene rings is 5. The van der Waals surface area contributed by atoms with Gasteiger partial charge in [-0.2, -0.15) is 0 Å². The van der Waals surface area contributed by atoms with Gasteiger partial charge >= 0.3 is 0 Å². The summed E-state index contributed by atoms with van der Waals surface area (Å²) < 4.78 is 0. The van der Waals surface area contributed by atoms with E-state index in [1.807, 2.05) is 48.5 Å². The van der Waals surface area contributed by atoms with Crippen LogP contribution in [0.15, 0.2) is 109 Å². The Morgan fingerprint density at radius 3 is 1.64 bits per heavy atom. The van der Waals surface area contributed by atoms with Gasteiger partial charge in [0.25, 0.3) is 0 Å². The van der Waals surface area contributed by atoms with Crippen LogP contribution in [-0.4, -0.2) is 12.6 Å². The van der Waals surface area contributed by atoms with Crippen LogP contribution in [0.4, 0.5) is 0 Å². The first-order valence-corrected chi connectivity index (χ1v) is 11.8. The van der Waals surface area contributed by atoms with Crippen molar-refractivity contribution in [3.05, 3.63) is 143 Å². The molecule has 0 N–H and O–H groups in total. The van der Waals surface area contributed by atoms with E-state index < -0.39 is 0 Å². The highest BCUT2D eigenvalue weighted by Crippen LogP contribution is 2.31. The lowest BCUT2D eigenvalue weighted by Gasteiger charge is -2.10. The molecule has 0 fully saturated rings. The summed E-state index contributed by atoms with van der Waals surface area (Å²) in [6, 6.07) is 36.4. The van der Waals surface area contributed by atoms with Crippen molar-refractivity contribution in [1.82, 2.24) is 0 Å². The number of hydrogen-bond donors (Lipinski definition) is 0. The summed E-state index contributed by atoms with van der Waals surface area (Å²) in [4.78, 5) is 21.9. The molecule has 0 unspecified atom stereocenters. The first-order chi connectivity index (χ1) is 17.7. The zero-order chi connectivity index (χ0) is 24.7. The van der Waals surface area contributed by atoms with Crippen molar-refractivity contribution in [1.29, 1.82) is 0 Å². The van der Waals surface area contributed by atoms with Gasteiger partial charge in [0.15, 0.2) is 0 Å². The van der Waals surface area contributed by atoms with Gasteiger partial charge in [-0.05, 0) is 50.2 Å². The number of carbonyl (C=O) groups excluding carboxylic acids is 2. The van der Waals surface area contributed by atoms with E-state index >= 15 is 0 Å². The molecule has 2 nitrogen and oxygen atoms in total. The summed E-state index contributed by atoms with van der Waals surface area (Å²) in [5, 5.41) is 2.43. The van der Waals surface area contributed by atoms with Gasteiger partial charge in [-0.3, -0.25) is 9.59 Å². The van der Waals surface area contributed by atoms with E-state index in [2.05, 4.69) is 85.0 Å². The van der Waals surface area contributed by atoms with Crippen LogP contribution in [0.5, 0.6) is 0 Å². The highest BCUT2D eigenvalue weighted by Gasteiger charge is 2.06. The SMILES string of the molecule is O=Cc1ccc(C=Cc2ccc(-c3cccc4ccccc34)cc2C=Cc2ccc(C=O)cc2)cc1. The summed E-state index contributed by atoms with van der Waals surface area (Å²) in [6.45, 7) is 0. The number of rotatable bonds is 7. The molecule has 5 aromatic rings. The molecular formula is C34H24O2. The summed E-state index contributed by atoms with van der Waals surface area (Å²) in [5.41, 5.74) is 7.88. The number of carbonyl (C=O) groups is 2. The molecule has 5 rings (SSSR count). The number of aldehydes is 2. The Balaban J connectivity index is 1.56. The molecule has 0 atom stereocenters. The first-order valence-electron chi connectivity index (χ1n) is 11.8. The van der Waals surface area contributed by atoms with Gasteiger partial charge in [0.05, 0.1) is 0 Å². The highest BCUT2D eigenvalue weighted by atomic mass is 16.1. The molecular weight excluding hydrogens is 440 g/mol. The summed E-state index contributed by atoms with van der Waals surface area (Å²) in [7, 11) is 0. The van der Waals surface area contributed by atoms with Crippen LogP contribution in [0.3, 0.4) is 0 Å². The van der Waals surface area contributed by atoms with E-state index in [0.717, 1.165) is 40.4 Å². The minimum Gasteiger partial charge on any atom is -0.298 e. The molecule has 0 aliphatic carbocycles. The second-order valence-corrected chi connectivity index (χ2v) is 8.61. The molecule has 2 heteroatoms. The molecule has 0 aromatic heterocycles. The Kier molecular flexibility index (Phi) is 6.77. The lowest BCUT2D eigenvalue weighted by atomic mass is 9.94. The molecule has 0 amide bonds. The van der Waals surface area contributed by atoms with Gasteiger partial charge in [0.1, 0.15) is 12.6 Å². The smallest absolute Gasteiger partial charge is 0.150 e. The van der Waals surface area contributed by atoms with E-state index in [-0.39, 0.29) is 0 Å². The third-order valence-corrected chi connectivity index (χ3v) is 6.24. The fourth-order valence-corrected chi connectivity index (χ4v) is 4.26. The van der Waals surface area contributed by atoms with E-state index in [0.29, 0.717) is 11.1 Å². The average Bonchev–Trinajstić information content (AvgIpc) is 2.95. The maximum absolute atomic E-state index is 11.0. The van der Waals surface area contributed by atoms with Gasteiger partial charge in [-0.15, -0.1) is 0 Å². The molecule has 0 aliphatic rings. The topological polar surface area (TPSA) is 34.1 Å². The van der Waals surface area contributed by atoms with Gasteiger partial charge in [-0.1, -0.05) is 127 Å². The quantitative estimate of drug-likeness (QED) is 0.179. The molecule has 0 heterocycles. The minimum absolute atomic E-state index is 0.661. The zero-order valence-corrected chi connectivity index (χ0v) is 19.7. The Morgan fingerprint density at radius 1 is 0.444 bits per heavy atom. The van der Waals surface area contributed by atoms with E-state index in [9.17, 15) is 9.59 Å². The maximum atomic E-state index is 11.0. The standard InChI is InChI=1S/C34H24O2/c35-23-27-12-8-25(9-13-27)16-18-29-20-21-32(34-7-3-5-30-4-1-2-6-33(30)34)22-31(29)19-17-26-10-14-28(24-36)15-11-26/h1-24H. The molecule has 172 valence electrons. The van der Waals surface area contributed by atoms with Crippen LogP contribution in [-0.2, 0) is 0 Å².